The van der Waals surface area contributed by atoms with Crippen LogP contribution in [0, 0.1) is 0 Å². The standard InChI is InChI=1S/C8H13N3O2/c1-13-7-5-11(4-6(7)12)8-2-3-9-10-8/h2-3,6-7,12H,4-5H2,1H3,(H,9,10). The molecule has 0 bridgehead atoms. The van der Waals surface area contributed by atoms with Crippen molar-refractivity contribution in [1.82, 2.24) is 10.2 Å². The van der Waals surface area contributed by atoms with E-state index in [1.807, 2.05) is 11.0 Å². The summed E-state index contributed by atoms with van der Waals surface area (Å²) < 4.78 is 5.12. The molecule has 0 aliphatic carbocycles. The molecule has 0 spiro atoms. The van der Waals surface area contributed by atoms with E-state index in [0.29, 0.717) is 13.1 Å². The summed E-state index contributed by atoms with van der Waals surface area (Å²) in [6.07, 6.45) is 1.25. The molecular formula is C8H13N3O2. The average Bonchev–Trinajstić information content (AvgIpc) is 2.71. The van der Waals surface area contributed by atoms with Gasteiger partial charge in [0.25, 0.3) is 0 Å². The van der Waals surface area contributed by atoms with E-state index >= 15 is 0 Å². The Hall–Kier alpha value is -1.07. The molecule has 1 fully saturated rings. The van der Waals surface area contributed by atoms with Crippen LogP contribution in [0.3, 0.4) is 0 Å². The number of nitrogens with one attached hydrogen (secondary N) is 1. The van der Waals surface area contributed by atoms with Crippen molar-refractivity contribution >= 4 is 5.82 Å². The van der Waals surface area contributed by atoms with Crippen LogP contribution in [-0.2, 0) is 4.74 Å². The third kappa shape index (κ3) is 1.52. The van der Waals surface area contributed by atoms with Gasteiger partial charge in [0, 0.05) is 32.5 Å². The first kappa shape index (κ1) is 8.52. The predicted molar refractivity (Wildman–Crippen MR) is 47.6 cm³/mol. The molecule has 2 atom stereocenters. The fourth-order valence-corrected chi connectivity index (χ4v) is 1.60. The van der Waals surface area contributed by atoms with Crippen molar-refractivity contribution < 1.29 is 9.84 Å². The van der Waals surface area contributed by atoms with Crippen LogP contribution in [-0.4, -0.2) is 47.7 Å². The summed E-state index contributed by atoms with van der Waals surface area (Å²) in [7, 11) is 1.61. The number of H-pyrrole nitrogens is 1. The van der Waals surface area contributed by atoms with Gasteiger partial charge in [-0.15, -0.1) is 0 Å². The van der Waals surface area contributed by atoms with E-state index in [1.54, 1.807) is 13.3 Å². The minimum atomic E-state index is -0.415. The van der Waals surface area contributed by atoms with Crippen molar-refractivity contribution in [3.05, 3.63) is 12.3 Å². The average molecular weight is 183 g/mol. The quantitative estimate of drug-likeness (QED) is 0.655. The van der Waals surface area contributed by atoms with Crippen molar-refractivity contribution in [2.24, 2.45) is 0 Å². The van der Waals surface area contributed by atoms with Gasteiger partial charge in [-0.3, -0.25) is 5.10 Å². The number of ether oxygens (including phenoxy) is 1. The molecule has 2 rings (SSSR count). The molecule has 2 unspecified atom stereocenters. The molecular weight excluding hydrogens is 170 g/mol. The minimum Gasteiger partial charge on any atom is -0.388 e. The molecule has 1 aliphatic rings. The summed E-state index contributed by atoms with van der Waals surface area (Å²) in [6, 6.07) is 1.88. The van der Waals surface area contributed by atoms with E-state index in [0.717, 1.165) is 5.82 Å². The lowest BCUT2D eigenvalue weighted by Gasteiger charge is -2.13. The first-order valence-electron chi connectivity index (χ1n) is 4.27. The molecule has 72 valence electrons. The zero-order chi connectivity index (χ0) is 9.26. The fourth-order valence-electron chi connectivity index (χ4n) is 1.60. The maximum absolute atomic E-state index is 9.55. The third-order valence-corrected chi connectivity index (χ3v) is 2.35. The number of rotatable bonds is 2. The van der Waals surface area contributed by atoms with Gasteiger partial charge in [0.2, 0.25) is 0 Å². The number of anilines is 1. The molecule has 1 aromatic heterocycles. The Labute approximate surface area is 76.3 Å². The maximum atomic E-state index is 9.55. The molecule has 0 saturated carbocycles. The fraction of sp³-hybridized carbons (Fsp3) is 0.625. The molecule has 1 aromatic rings. The van der Waals surface area contributed by atoms with Crippen LogP contribution in [0.4, 0.5) is 5.82 Å². The monoisotopic (exact) mass is 183 g/mol. The molecule has 5 heteroatoms. The Morgan fingerprint density at radius 1 is 1.69 bits per heavy atom. The number of nitrogens with zero attached hydrogens (tertiary/aromatic N) is 2. The number of aromatic nitrogens is 2. The highest BCUT2D eigenvalue weighted by Crippen LogP contribution is 2.18. The molecule has 13 heavy (non-hydrogen) atoms. The van der Waals surface area contributed by atoms with Gasteiger partial charge >= 0.3 is 0 Å². The van der Waals surface area contributed by atoms with Gasteiger partial charge in [0.15, 0.2) is 0 Å². The molecule has 2 N–H and O–H groups in total. The summed E-state index contributed by atoms with van der Waals surface area (Å²) in [5, 5.41) is 16.3. The van der Waals surface area contributed by atoms with Gasteiger partial charge in [-0.1, -0.05) is 0 Å². The van der Waals surface area contributed by atoms with Crippen LogP contribution >= 0.6 is 0 Å². The van der Waals surface area contributed by atoms with Crippen LogP contribution in [0.15, 0.2) is 12.3 Å². The summed E-state index contributed by atoms with van der Waals surface area (Å²) in [6.45, 7) is 1.28. The minimum absolute atomic E-state index is 0.100. The summed E-state index contributed by atoms with van der Waals surface area (Å²) >= 11 is 0. The Kier molecular flexibility index (Phi) is 2.20. The molecule has 2 heterocycles. The number of β-amino-alcohol motifs (C(OH)–C–C–N with tert-alkyl or cyclic N) is 1. The van der Waals surface area contributed by atoms with Gasteiger partial charge in [-0.2, -0.15) is 5.10 Å². The van der Waals surface area contributed by atoms with E-state index in [4.69, 9.17) is 4.74 Å². The zero-order valence-electron chi connectivity index (χ0n) is 7.47. The number of hydrogen-bond acceptors (Lipinski definition) is 4. The van der Waals surface area contributed by atoms with E-state index in [-0.39, 0.29) is 6.10 Å². The Morgan fingerprint density at radius 3 is 3.08 bits per heavy atom. The van der Waals surface area contributed by atoms with Gasteiger partial charge < -0.3 is 14.7 Å². The predicted octanol–water partition coefficient (Wildman–Crippen LogP) is -0.394. The topological polar surface area (TPSA) is 61.4 Å². The smallest absolute Gasteiger partial charge is 0.150 e. The summed E-state index contributed by atoms with van der Waals surface area (Å²) in [5.74, 6) is 0.860. The van der Waals surface area contributed by atoms with Crippen molar-refractivity contribution in [1.29, 1.82) is 0 Å². The highest BCUT2D eigenvalue weighted by atomic mass is 16.5. The second-order valence-corrected chi connectivity index (χ2v) is 3.18. The largest absolute Gasteiger partial charge is 0.388 e. The molecule has 0 aromatic carbocycles. The van der Waals surface area contributed by atoms with Crippen molar-refractivity contribution in [2.75, 3.05) is 25.1 Å². The van der Waals surface area contributed by atoms with Crippen LogP contribution in [0.25, 0.3) is 0 Å². The lowest BCUT2D eigenvalue weighted by Crippen LogP contribution is -2.25. The lowest BCUT2D eigenvalue weighted by atomic mass is 10.3. The van der Waals surface area contributed by atoms with Gasteiger partial charge in [-0.05, 0) is 0 Å². The van der Waals surface area contributed by atoms with Crippen LogP contribution < -0.4 is 4.90 Å². The summed E-state index contributed by atoms with van der Waals surface area (Å²) in [4.78, 5) is 2.00. The van der Waals surface area contributed by atoms with Crippen LogP contribution in [0.2, 0.25) is 0 Å². The molecule has 5 nitrogen and oxygen atoms in total. The first-order chi connectivity index (χ1) is 6.31. The van der Waals surface area contributed by atoms with Crippen molar-refractivity contribution in [3.8, 4) is 0 Å². The van der Waals surface area contributed by atoms with Gasteiger partial charge in [0.1, 0.15) is 11.9 Å². The number of methoxy groups -OCH3 is 1. The molecule has 1 aliphatic heterocycles. The molecule has 0 radical (unpaired) electrons. The summed E-state index contributed by atoms with van der Waals surface area (Å²) in [5.41, 5.74) is 0. The van der Waals surface area contributed by atoms with Gasteiger partial charge in [-0.25, -0.2) is 0 Å². The Bertz CT molecular complexity index is 262. The molecule has 1 saturated heterocycles. The second kappa shape index (κ2) is 3.35. The van der Waals surface area contributed by atoms with E-state index in [2.05, 4.69) is 10.2 Å². The SMILES string of the molecule is COC1CN(c2cc[nH]n2)CC1O. The number of aliphatic hydroxyl groups excluding tert-OH is 1. The van der Waals surface area contributed by atoms with E-state index < -0.39 is 6.10 Å². The third-order valence-electron chi connectivity index (χ3n) is 2.35. The van der Waals surface area contributed by atoms with E-state index in [9.17, 15) is 5.11 Å². The number of aliphatic hydroxyl groups is 1. The van der Waals surface area contributed by atoms with E-state index in [1.165, 1.54) is 0 Å². The second-order valence-electron chi connectivity index (χ2n) is 3.18. The number of aromatic amines is 1. The van der Waals surface area contributed by atoms with Crippen LogP contribution in [0.5, 0.6) is 0 Å². The highest BCUT2D eigenvalue weighted by Gasteiger charge is 2.31. The number of hydrogen-bond donors (Lipinski definition) is 2. The zero-order valence-corrected chi connectivity index (χ0v) is 7.47. The Balaban J connectivity index is 2.05. The van der Waals surface area contributed by atoms with Gasteiger partial charge in [0.05, 0.1) is 6.10 Å². The van der Waals surface area contributed by atoms with Crippen molar-refractivity contribution in [2.45, 2.75) is 12.2 Å². The lowest BCUT2D eigenvalue weighted by molar-refractivity contribution is 0.0217. The first-order valence-corrected chi connectivity index (χ1v) is 4.27. The Morgan fingerprint density at radius 2 is 2.54 bits per heavy atom. The molecule has 0 amide bonds. The maximum Gasteiger partial charge on any atom is 0.150 e. The highest BCUT2D eigenvalue weighted by molar-refractivity contribution is 5.38. The van der Waals surface area contributed by atoms with Crippen LogP contribution in [0.1, 0.15) is 0 Å². The normalized spacial score (nSPS) is 28.3. The van der Waals surface area contributed by atoms with Crippen molar-refractivity contribution in [3.63, 3.8) is 0 Å².